The SMILES string of the molecule is COC[C@]1(O)CC[C@H](c2nc3c(-c4ccc(-c5ccccc5)nc4)cnn3c(N)c2Br)CC1. The van der Waals surface area contributed by atoms with Gasteiger partial charge in [-0.15, -0.1) is 0 Å². The van der Waals surface area contributed by atoms with Crippen molar-refractivity contribution < 1.29 is 9.84 Å². The summed E-state index contributed by atoms with van der Waals surface area (Å²) in [6, 6.07) is 14.1. The first-order chi connectivity index (χ1) is 16.0. The first-order valence-corrected chi connectivity index (χ1v) is 11.8. The molecule has 3 N–H and O–H groups in total. The van der Waals surface area contributed by atoms with Crippen molar-refractivity contribution in [1.29, 1.82) is 0 Å². The summed E-state index contributed by atoms with van der Waals surface area (Å²) in [4.78, 5) is 9.66. The molecule has 0 unspecified atom stereocenters. The number of nitrogens with zero attached hydrogens (tertiary/aromatic N) is 4. The molecule has 8 heteroatoms. The van der Waals surface area contributed by atoms with Crippen molar-refractivity contribution in [3.8, 4) is 22.4 Å². The largest absolute Gasteiger partial charge is 0.387 e. The van der Waals surface area contributed by atoms with Crippen molar-refractivity contribution in [2.45, 2.75) is 37.2 Å². The predicted molar refractivity (Wildman–Crippen MR) is 132 cm³/mol. The van der Waals surface area contributed by atoms with Gasteiger partial charge in [-0.1, -0.05) is 36.4 Å². The Morgan fingerprint density at radius 2 is 1.88 bits per heavy atom. The molecule has 1 aromatic carbocycles. The minimum absolute atomic E-state index is 0.199. The fraction of sp³-hybridized carbons (Fsp3) is 0.320. The van der Waals surface area contributed by atoms with E-state index >= 15 is 0 Å². The standard InChI is InChI=1S/C25H26BrN5O2/c1-33-15-25(32)11-9-17(10-12-25)22-21(26)23(27)31-24(30-22)19(14-29-31)18-7-8-20(28-13-18)16-5-3-2-4-6-16/h2-8,13-14,17,32H,9-12,15,27H2,1H3/t17-,25-. The molecular formula is C25H26BrN5O2. The van der Waals surface area contributed by atoms with E-state index in [4.69, 9.17) is 15.5 Å². The van der Waals surface area contributed by atoms with E-state index in [0.29, 0.717) is 30.9 Å². The molecule has 1 fully saturated rings. The van der Waals surface area contributed by atoms with Gasteiger partial charge < -0.3 is 15.6 Å². The summed E-state index contributed by atoms with van der Waals surface area (Å²) in [5.41, 5.74) is 11.1. The maximum atomic E-state index is 10.7. The van der Waals surface area contributed by atoms with Crippen molar-refractivity contribution in [1.82, 2.24) is 19.6 Å². The Morgan fingerprint density at radius 1 is 1.12 bits per heavy atom. The van der Waals surface area contributed by atoms with E-state index in [0.717, 1.165) is 45.4 Å². The molecule has 33 heavy (non-hydrogen) atoms. The first kappa shape index (κ1) is 22.0. The van der Waals surface area contributed by atoms with Crippen LogP contribution in [0.5, 0.6) is 0 Å². The molecule has 0 bridgehead atoms. The Bertz CT molecular complexity index is 1270. The van der Waals surface area contributed by atoms with Gasteiger partial charge in [-0.3, -0.25) is 4.98 Å². The summed E-state index contributed by atoms with van der Waals surface area (Å²) >= 11 is 3.65. The van der Waals surface area contributed by atoms with E-state index in [9.17, 15) is 5.11 Å². The zero-order valence-electron chi connectivity index (χ0n) is 18.4. The molecule has 0 saturated heterocycles. The smallest absolute Gasteiger partial charge is 0.165 e. The predicted octanol–water partition coefficient (Wildman–Crippen LogP) is 4.84. The van der Waals surface area contributed by atoms with Crippen LogP contribution in [-0.4, -0.2) is 44.0 Å². The van der Waals surface area contributed by atoms with Crippen molar-refractivity contribution in [3.05, 3.63) is 65.0 Å². The van der Waals surface area contributed by atoms with Crippen molar-refractivity contribution in [3.63, 3.8) is 0 Å². The lowest BCUT2D eigenvalue weighted by molar-refractivity contribution is -0.0590. The van der Waals surface area contributed by atoms with Gasteiger partial charge in [-0.25, -0.2) is 4.98 Å². The zero-order valence-corrected chi connectivity index (χ0v) is 20.0. The van der Waals surface area contributed by atoms with Crippen LogP contribution in [-0.2, 0) is 4.74 Å². The van der Waals surface area contributed by atoms with Crippen LogP contribution in [0, 0.1) is 0 Å². The third kappa shape index (κ3) is 4.14. The highest BCUT2D eigenvalue weighted by atomic mass is 79.9. The van der Waals surface area contributed by atoms with Gasteiger partial charge in [-0.2, -0.15) is 9.61 Å². The Labute approximate surface area is 200 Å². The summed E-state index contributed by atoms with van der Waals surface area (Å²) in [5.74, 6) is 0.720. The normalized spacial score (nSPS) is 20.9. The number of hydrogen-bond donors (Lipinski definition) is 2. The molecular weight excluding hydrogens is 482 g/mol. The Balaban J connectivity index is 1.49. The number of ether oxygens (including phenoxy) is 1. The van der Waals surface area contributed by atoms with E-state index < -0.39 is 5.60 Å². The van der Waals surface area contributed by atoms with Crippen molar-refractivity contribution in [2.75, 3.05) is 19.5 Å². The number of aromatic nitrogens is 4. The lowest BCUT2D eigenvalue weighted by Gasteiger charge is -2.35. The summed E-state index contributed by atoms with van der Waals surface area (Å²) in [6.07, 6.45) is 6.61. The molecule has 7 nitrogen and oxygen atoms in total. The third-order valence-corrected chi connectivity index (χ3v) is 7.32. The lowest BCUT2D eigenvalue weighted by Crippen LogP contribution is -2.38. The third-order valence-electron chi connectivity index (χ3n) is 6.51. The maximum Gasteiger partial charge on any atom is 0.165 e. The fourth-order valence-electron chi connectivity index (χ4n) is 4.66. The van der Waals surface area contributed by atoms with Gasteiger partial charge in [0.05, 0.1) is 34.3 Å². The molecule has 170 valence electrons. The number of halogens is 1. The Morgan fingerprint density at radius 3 is 2.55 bits per heavy atom. The van der Waals surface area contributed by atoms with E-state index in [1.54, 1.807) is 17.8 Å². The Kier molecular flexibility index (Phi) is 5.90. The van der Waals surface area contributed by atoms with Crippen LogP contribution in [0.2, 0.25) is 0 Å². The summed E-state index contributed by atoms with van der Waals surface area (Å²) in [7, 11) is 1.62. The van der Waals surface area contributed by atoms with Crippen LogP contribution < -0.4 is 5.73 Å². The van der Waals surface area contributed by atoms with E-state index in [1.165, 1.54) is 0 Å². The quantitative estimate of drug-likeness (QED) is 0.401. The molecule has 3 heterocycles. The second-order valence-electron chi connectivity index (χ2n) is 8.72. The molecule has 5 rings (SSSR count). The highest BCUT2D eigenvalue weighted by molar-refractivity contribution is 9.10. The molecule has 0 radical (unpaired) electrons. The van der Waals surface area contributed by atoms with E-state index in [-0.39, 0.29) is 5.92 Å². The average molecular weight is 508 g/mol. The molecule has 1 aliphatic carbocycles. The van der Waals surface area contributed by atoms with Crippen LogP contribution in [0.25, 0.3) is 28.0 Å². The summed E-state index contributed by atoms with van der Waals surface area (Å²) < 4.78 is 7.64. The van der Waals surface area contributed by atoms with Gasteiger partial charge in [0.1, 0.15) is 5.82 Å². The molecule has 0 aliphatic heterocycles. The van der Waals surface area contributed by atoms with Crippen LogP contribution in [0.15, 0.2) is 59.3 Å². The molecule has 1 saturated carbocycles. The maximum absolute atomic E-state index is 10.7. The van der Waals surface area contributed by atoms with Gasteiger partial charge in [0.2, 0.25) is 0 Å². The number of fused-ring (bicyclic) bond motifs is 1. The van der Waals surface area contributed by atoms with Crippen molar-refractivity contribution in [2.24, 2.45) is 0 Å². The van der Waals surface area contributed by atoms with Crippen molar-refractivity contribution >= 4 is 27.4 Å². The van der Waals surface area contributed by atoms with Gasteiger partial charge in [0.15, 0.2) is 5.65 Å². The number of nitrogen functional groups attached to an aromatic ring is 1. The highest BCUT2D eigenvalue weighted by Crippen LogP contribution is 2.42. The van der Waals surface area contributed by atoms with Gasteiger partial charge in [-0.05, 0) is 47.7 Å². The van der Waals surface area contributed by atoms with Gasteiger partial charge in [0, 0.05) is 35.9 Å². The van der Waals surface area contributed by atoms with E-state index in [1.807, 2.05) is 48.7 Å². The molecule has 0 spiro atoms. The number of pyridine rings is 1. The lowest BCUT2D eigenvalue weighted by atomic mass is 9.78. The molecule has 3 aromatic heterocycles. The summed E-state index contributed by atoms with van der Waals surface area (Å²) in [5, 5.41) is 15.2. The fourth-order valence-corrected chi connectivity index (χ4v) is 5.24. The second-order valence-corrected chi connectivity index (χ2v) is 9.51. The number of benzene rings is 1. The second kappa shape index (κ2) is 8.85. The van der Waals surface area contributed by atoms with Crippen LogP contribution in [0.3, 0.4) is 0 Å². The minimum Gasteiger partial charge on any atom is -0.387 e. The Hall–Kier alpha value is -2.81. The molecule has 0 atom stereocenters. The van der Waals surface area contributed by atoms with Crippen LogP contribution in [0.4, 0.5) is 5.82 Å². The van der Waals surface area contributed by atoms with Crippen LogP contribution >= 0.6 is 15.9 Å². The summed E-state index contributed by atoms with van der Waals surface area (Å²) in [6.45, 7) is 0.355. The number of nitrogens with two attached hydrogens (primary N) is 1. The van der Waals surface area contributed by atoms with E-state index in [2.05, 4.69) is 26.0 Å². The number of anilines is 1. The number of hydrogen-bond acceptors (Lipinski definition) is 6. The minimum atomic E-state index is -0.763. The highest BCUT2D eigenvalue weighted by Gasteiger charge is 2.35. The number of aliphatic hydroxyl groups is 1. The first-order valence-electron chi connectivity index (χ1n) is 11.0. The number of methoxy groups -OCH3 is 1. The molecule has 0 amide bonds. The van der Waals surface area contributed by atoms with Gasteiger partial charge >= 0.3 is 0 Å². The van der Waals surface area contributed by atoms with Crippen LogP contribution in [0.1, 0.15) is 37.3 Å². The average Bonchev–Trinajstić information content (AvgIpc) is 3.27. The monoisotopic (exact) mass is 507 g/mol. The zero-order chi connectivity index (χ0) is 23.0. The van der Waals surface area contributed by atoms with Gasteiger partial charge in [0.25, 0.3) is 0 Å². The molecule has 4 aromatic rings. The molecule has 1 aliphatic rings. The number of rotatable bonds is 5. The topological polar surface area (TPSA) is 98.6 Å².